The number of thiophene rings is 1. The van der Waals surface area contributed by atoms with Crippen LogP contribution in [0.4, 0.5) is 0 Å². The average Bonchev–Trinajstić information content (AvgIpc) is 2.54. The summed E-state index contributed by atoms with van der Waals surface area (Å²) in [5.41, 5.74) is 5.22. The Kier molecular flexibility index (Phi) is 3.22. The van der Waals surface area contributed by atoms with Crippen LogP contribution in [0.25, 0.3) is 0 Å². The molecule has 2 nitrogen and oxygen atoms in total. The maximum atomic E-state index is 11.8. The molecule has 0 aliphatic rings. The fraction of sp³-hybridized carbons (Fsp3) is 0.500. The van der Waals surface area contributed by atoms with Gasteiger partial charge in [0, 0.05) is 0 Å². The molecule has 0 spiro atoms. The predicted molar refractivity (Wildman–Crippen MR) is 56.1 cm³/mol. The first kappa shape index (κ1) is 10.4. The van der Waals surface area contributed by atoms with Crippen molar-refractivity contribution >= 4 is 17.1 Å². The topological polar surface area (TPSA) is 43.1 Å². The zero-order valence-corrected chi connectivity index (χ0v) is 8.86. The molecule has 0 amide bonds. The Bertz CT molecular complexity index is 277. The first-order chi connectivity index (χ1) is 6.08. The summed E-state index contributed by atoms with van der Waals surface area (Å²) in [6.07, 6.45) is 1.67. The number of hydrogen-bond acceptors (Lipinski definition) is 3. The summed E-state index contributed by atoms with van der Waals surface area (Å²) in [4.78, 5) is 12.6. The lowest BCUT2D eigenvalue weighted by molar-refractivity contribution is 0.0897. The van der Waals surface area contributed by atoms with Crippen LogP contribution in [0.1, 0.15) is 36.4 Å². The third kappa shape index (κ3) is 2.39. The molecule has 0 aliphatic heterocycles. The Hall–Kier alpha value is -0.670. The lowest BCUT2D eigenvalue weighted by Gasteiger charge is -2.21. The lowest BCUT2D eigenvalue weighted by Crippen LogP contribution is -2.44. The lowest BCUT2D eigenvalue weighted by atomic mass is 9.91. The van der Waals surface area contributed by atoms with Crippen LogP contribution >= 0.6 is 11.3 Å². The van der Waals surface area contributed by atoms with Crippen LogP contribution in [0.3, 0.4) is 0 Å². The molecule has 1 heterocycles. The van der Waals surface area contributed by atoms with Crippen molar-refractivity contribution in [1.29, 1.82) is 0 Å². The summed E-state index contributed by atoms with van der Waals surface area (Å²) >= 11 is 1.45. The second-order valence-corrected chi connectivity index (χ2v) is 4.42. The van der Waals surface area contributed by atoms with Gasteiger partial charge in [0.15, 0.2) is 5.78 Å². The summed E-state index contributed by atoms with van der Waals surface area (Å²) in [5.74, 6) is 0.0596. The van der Waals surface area contributed by atoms with Gasteiger partial charge in [0.1, 0.15) is 0 Å². The molecule has 3 heteroatoms. The number of hydrogen-bond donors (Lipinski definition) is 1. The van der Waals surface area contributed by atoms with Crippen molar-refractivity contribution in [2.24, 2.45) is 5.73 Å². The Morgan fingerprint density at radius 1 is 1.69 bits per heavy atom. The van der Waals surface area contributed by atoms with Gasteiger partial charge >= 0.3 is 0 Å². The SMILES string of the molecule is CCCC(C)(N)C(=O)c1cccs1. The van der Waals surface area contributed by atoms with E-state index < -0.39 is 5.54 Å². The van der Waals surface area contributed by atoms with Gasteiger partial charge < -0.3 is 5.73 Å². The highest BCUT2D eigenvalue weighted by Gasteiger charge is 2.28. The highest BCUT2D eigenvalue weighted by atomic mass is 32.1. The van der Waals surface area contributed by atoms with Gasteiger partial charge in [-0.3, -0.25) is 4.79 Å². The Morgan fingerprint density at radius 3 is 2.85 bits per heavy atom. The molecule has 0 radical (unpaired) electrons. The first-order valence-corrected chi connectivity index (χ1v) is 5.33. The largest absolute Gasteiger partial charge is 0.319 e. The van der Waals surface area contributed by atoms with Crippen LogP contribution < -0.4 is 5.73 Å². The molecule has 0 aromatic carbocycles. The second-order valence-electron chi connectivity index (χ2n) is 3.47. The van der Waals surface area contributed by atoms with Gasteiger partial charge in [-0.1, -0.05) is 19.4 Å². The van der Waals surface area contributed by atoms with E-state index in [9.17, 15) is 4.79 Å². The van der Waals surface area contributed by atoms with Crippen LogP contribution in [0.5, 0.6) is 0 Å². The van der Waals surface area contributed by atoms with Crippen molar-refractivity contribution in [3.63, 3.8) is 0 Å². The molecule has 1 atom stereocenters. The van der Waals surface area contributed by atoms with E-state index >= 15 is 0 Å². The summed E-state index contributed by atoms with van der Waals surface area (Å²) in [7, 11) is 0. The Morgan fingerprint density at radius 2 is 2.38 bits per heavy atom. The van der Waals surface area contributed by atoms with E-state index in [1.54, 1.807) is 6.92 Å². The normalized spacial score (nSPS) is 15.3. The second kappa shape index (κ2) is 4.03. The monoisotopic (exact) mass is 197 g/mol. The number of ketones is 1. The highest BCUT2D eigenvalue weighted by Crippen LogP contribution is 2.19. The van der Waals surface area contributed by atoms with Crippen molar-refractivity contribution < 1.29 is 4.79 Å². The third-order valence-electron chi connectivity index (χ3n) is 2.03. The smallest absolute Gasteiger partial charge is 0.192 e. The maximum absolute atomic E-state index is 11.8. The van der Waals surface area contributed by atoms with Crippen molar-refractivity contribution in [2.45, 2.75) is 32.2 Å². The minimum absolute atomic E-state index is 0.0596. The molecule has 0 saturated carbocycles. The van der Waals surface area contributed by atoms with E-state index in [1.807, 2.05) is 24.4 Å². The maximum Gasteiger partial charge on any atom is 0.192 e. The van der Waals surface area contributed by atoms with Gasteiger partial charge in [-0.2, -0.15) is 0 Å². The van der Waals surface area contributed by atoms with Gasteiger partial charge in [0.2, 0.25) is 0 Å². The van der Waals surface area contributed by atoms with E-state index in [-0.39, 0.29) is 5.78 Å². The fourth-order valence-corrected chi connectivity index (χ4v) is 2.12. The van der Waals surface area contributed by atoms with Crippen molar-refractivity contribution in [3.05, 3.63) is 22.4 Å². The highest BCUT2D eigenvalue weighted by molar-refractivity contribution is 7.12. The molecule has 1 rings (SSSR count). The van der Waals surface area contributed by atoms with E-state index in [2.05, 4.69) is 0 Å². The van der Waals surface area contributed by atoms with E-state index in [0.29, 0.717) is 0 Å². The van der Waals surface area contributed by atoms with Crippen molar-refractivity contribution in [1.82, 2.24) is 0 Å². The fourth-order valence-electron chi connectivity index (χ4n) is 1.32. The molecule has 1 aromatic heterocycles. The molecule has 2 N–H and O–H groups in total. The molecule has 0 saturated heterocycles. The molecule has 0 fully saturated rings. The van der Waals surface area contributed by atoms with Crippen LogP contribution in [-0.4, -0.2) is 11.3 Å². The van der Waals surface area contributed by atoms with Gasteiger partial charge in [-0.05, 0) is 24.8 Å². The zero-order chi connectivity index (χ0) is 9.90. The van der Waals surface area contributed by atoms with Crippen molar-refractivity contribution in [3.8, 4) is 0 Å². The summed E-state index contributed by atoms with van der Waals surface area (Å²) in [6, 6.07) is 3.70. The number of carbonyl (C=O) groups is 1. The average molecular weight is 197 g/mol. The van der Waals surface area contributed by atoms with Gasteiger partial charge in [-0.25, -0.2) is 0 Å². The number of nitrogens with two attached hydrogens (primary N) is 1. The minimum Gasteiger partial charge on any atom is -0.319 e. The number of Topliss-reactive ketones (excluding diaryl/α,β-unsaturated/α-hetero) is 1. The zero-order valence-electron chi connectivity index (χ0n) is 8.04. The van der Waals surface area contributed by atoms with Gasteiger partial charge in [0.25, 0.3) is 0 Å². The molecule has 0 bridgehead atoms. The van der Waals surface area contributed by atoms with E-state index in [0.717, 1.165) is 17.7 Å². The Balaban J connectivity index is 2.78. The summed E-state index contributed by atoms with van der Waals surface area (Å²) < 4.78 is 0. The van der Waals surface area contributed by atoms with Crippen molar-refractivity contribution in [2.75, 3.05) is 0 Å². The van der Waals surface area contributed by atoms with Crippen LogP contribution in [0.2, 0.25) is 0 Å². The minimum atomic E-state index is -0.695. The van der Waals surface area contributed by atoms with Crippen LogP contribution in [-0.2, 0) is 0 Å². The summed E-state index contributed by atoms with van der Waals surface area (Å²) in [5, 5.41) is 1.90. The van der Waals surface area contributed by atoms with Crippen LogP contribution in [0.15, 0.2) is 17.5 Å². The predicted octanol–water partition coefficient (Wildman–Crippen LogP) is 2.45. The molecule has 1 unspecified atom stereocenters. The third-order valence-corrected chi connectivity index (χ3v) is 2.90. The molecule has 1 aromatic rings. The van der Waals surface area contributed by atoms with Gasteiger partial charge in [0.05, 0.1) is 10.4 Å². The number of rotatable bonds is 4. The number of carbonyl (C=O) groups excluding carboxylic acids is 1. The summed E-state index contributed by atoms with van der Waals surface area (Å²) in [6.45, 7) is 3.84. The molecule has 0 aliphatic carbocycles. The Labute approximate surface area is 82.8 Å². The molecule has 72 valence electrons. The van der Waals surface area contributed by atoms with Crippen LogP contribution in [0, 0.1) is 0 Å². The van der Waals surface area contributed by atoms with E-state index in [1.165, 1.54) is 11.3 Å². The van der Waals surface area contributed by atoms with E-state index in [4.69, 9.17) is 5.73 Å². The quantitative estimate of drug-likeness (QED) is 0.753. The van der Waals surface area contributed by atoms with Gasteiger partial charge in [-0.15, -0.1) is 11.3 Å². The molecular formula is C10H15NOS. The first-order valence-electron chi connectivity index (χ1n) is 4.45. The molecular weight excluding hydrogens is 182 g/mol. The molecule has 13 heavy (non-hydrogen) atoms. The standard InChI is InChI=1S/C10H15NOS/c1-3-6-10(2,11)9(12)8-5-4-7-13-8/h4-5,7H,3,6,11H2,1-2H3.